The van der Waals surface area contributed by atoms with Gasteiger partial charge < -0.3 is 5.32 Å². The lowest BCUT2D eigenvalue weighted by Gasteiger charge is -2.13. The Morgan fingerprint density at radius 2 is 1.87 bits per heavy atom. The minimum Gasteiger partial charge on any atom is -0.312 e. The minimum absolute atomic E-state index is 0.657. The molecule has 0 radical (unpaired) electrons. The quantitative estimate of drug-likeness (QED) is 0.774. The third-order valence-electron chi connectivity index (χ3n) is 3.66. The van der Waals surface area contributed by atoms with E-state index in [2.05, 4.69) is 43.4 Å². The Morgan fingerprint density at radius 1 is 1.20 bits per heavy atom. The Balaban J connectivity index is 1.76. The maximum Gasteiger partial charge on any atom is 0.0205 e. The van der Waals surface area contributed by atoms with E-state index in [1.54, 1.807) is 0 Å². The van der Waals surface area contributed by atoms with Crippen molar-refractivity contribution in [3.63, 3.8) is 0 Å². The topological polar surface area (TPSA) is 12.0 Å². The monoisotopic (exact) mass is 203 g/mol. The van der Waals surface area contributed by atoms with Crippen molar-refractivity contribution in [2.75, 3.05) is 6.54 Å². The highest BCUT2D eigenvalue weighted by Crippen LogP contribution is 2.47. The second-order valence-electron chi connectivity index (χ2n) is 4.94. The third-order valence-corrected chi connectivity index (χ3v) is 3.66. The fraction of sp³-hybridized carbons (Fsp3) is 0.571. The van der Waals surface area contributed by atoms with Crippen molar-refractivity contribution in [2.24, 2.45) is 5.41 Å². The Kier molecular flexibility index (Phi) is 3.11. The molecule has 1 saturated carbocycles. The summed E-state index contributed by atoms with van der Waals surface area (Å²) in [6.45, 7) is 6.65. The zero-order valence-electron chi connectivity index (χ0n) is 9.84. The molecule has 1 heteroatoms. The molecule has 1 aromatic rings. The summed E-state index contributed by atoms with van der Waals surface area (Å²) in [5.74, 6) is 0. The lowest BCUT2D eigenvalue weighted by atomic mass is 10.0. The van der Waals surface area contributed by atoms with Crippen LogP contribution in [0.5, 0.6) is 0 Å². The van der Waals surface area contributed by atoms with Gasteiger partial charge in [0.25, 0.3) is 0 Å². The molecule has 0 unspecified atom stereocenters. The van der Waals surface area contributed by atoms with Gasteiger partial charge >= 0.3 is 0 Å². The second-order valence-corrected chi connectivity index (χ2v) is 4.94. The van der Waals surface area contributed by atoms with Crippen molar-refractivity contribution in [1.82, 2.24) is 5.32 Å². The molecular formula is C14H21N. The van der Waals surface area contributed by atoms with Gasteiger partial charge in [0, 0.05) is 13.1 Å². The normalized spacial score (nSPS) is 17.7. The molecule has 0 aliphatic heterocycles. The molecule has 2 rings (SSSR count). The van der Waals surface area contributed by atoms with E-state index >= 15 is 0 Å². The van der Waals surface area contributed by atoms with Crippen molar-refractivity contribution in [1.29, 1.82) is 0 Å². The average molecular weight is 203 g/mol. The van der Waals surface area contributed by atoms with Crippen LogP contribution in [0, 0.1) is 12.3 Å². The van der Waals surface area contributed by atoms with Gasteiger partial charge in [-0.2, -0.15) is 0 Å². The first-order chi connectivity index (χ1) is 7.24. The van der Waals surface area contributed by atoms with Crippen molar-refractivity contribution in [2.45, 2.75) is 39.7 Å². The first kappa shape index (κ1) is 10.7. The van der Waals surface area contributed by atoms with Gasteiger partial charge in [0.2, 0.25) is 0 Å². The summed E-state index contributed by atoms with van der Waals surface area (Å²) in [5.41, 5.74) is 3.39. The molecule has 1 aromatic carbocycles. The van der Waals surface area contributed by atoms with Crippen LogP contribution in [0.25, 0.3) is 0 Å². The number of rotatable bonds is 5. The largest absolute Gasteiger partial charge is 0.312 e. The number of hydrogen-bond acceptors (Lipinski definition) is 1. The van der Waals surface area contributed by atoms with Crippen LogP contribution in [-0.4, -0.2) is 6.54 Å². The zero-order chi connectivity index (χ0) is 10.7. The van der Waals surface area contributed by atoms with Crippen LogP contribution in [0.4, 0.5) is 0 Å². The molecule has 0 aromatic heterocycles. The van der Waals surface area contributed by atoms with Crippen molar-refractivity contribution in [3.05, 3.63) is 35.4 Å². The predicted molar refractivity (Wildman–Crippen MR) is 64.8 cm³/mol. The van der Waals surface area contributed by atoms with Gasteiger partial charge in [-0.25, -0.2) is 0 Å². The summed E-state index contributed by atoms with van der Waals surface area (Å²) in [6.07, 6.45) is 4.17. The summed E-state index contributed by atoms with van der Waals surface area (Å²) in [6, 6.07) is 8.80. The Bertz CT molecular complexity index is 309. The molecule has 0 amide bonds. The van der Waals surface area contributed by atoms with E-state index in [9.17, 15) is 0 Å². The van der Waals surface area contributed by atoms with Crippen LogP contribution in [0.2, 0.25) is 0 Å². The first-order valence-electron chi connectivity index (χ1n) is 6.00. The highest BCUT2D eigenvalue weighted by atomic mass is 14.9. The molecule has 1 N–H and O–H groups in total. The van der Waals surface area contributed by atoms with E-state index in [0.717, 1.165) is 6.54 Å². The number of aryl methyl sites for hydroxylation is 1. The smallest absolute Gasteiger partial charge is 0.0205 e. The number of nitrogens with one attached hydrogen (secondary N) is 1. The van der Waals surface area contributed by atoms with Gasteiger partial charge in [-0.3, -0.25) is 0 Å². The molecule has 1 aliphatic rings. The summed E-state index contributed by atoms with van der Waals surface area (Å²) in [5, 5.41) is 3.57. The molecule has 1 nitrogen and oxygen atoms in total. The minimum atomic E-state index is 0.657. The summed E-state index contributed by atoms with van der Waals surface area (Å²) in [4.78, 5) is 0. The lowest BCUT2D eigenvalue weighted by molar-refractivity contribution is 0.443. The molecule has 0 spiro atoms. The highest BCUT2D eigenvalue weighted by molar-refractivity contribution is 5.21. The SMILES string of the molecule is CCC1(CNCc2ccc(C)cc2)CC1. The number of hydrogen-bond donors (Lipinski definition) is 1. The van der Waals surface area contributed by atoms with Crippen LogP contribution in [0.15, 0.2) is 24.3 Å². The van der Waals surface area contributed by atoms with Crippen molar-refractivity contribution < 1.29 is 0 Å². The van der Waals surface area contributed by atoms with Gasteiger partial charge in [0.05, 0.1) is 0 Å². The first-order valence-corrected chi connectivity index (χ1v) is 6.00. The predicted octanol–water partition coefficient (Wildman–Crippen LogP) is 3.27. The van der Waals surface area contributed by atoms with E-state index in [4.69, 9.17) is 0 Å². The van der Waals surface area contributed by atoms with Gasteiger partial charge in [0.15, 0.2) is 0 Å². The zero-order valence-corrected chi connectivity index (χ0v) is 9.84. The van der Waals surface area contributed by atoms with E-state index in [1.807, 2.05) is 0 Å². The summed E-state index contributed by atoms with van der Waals surface area (Å²) >= 11 is 0. The fourth-order valence-electron chi connectivity index (χ4n) is 2.01. The van der Waals surface area contributed by atoms with Crippen LogP contribution < -0.4 is 5.32 Å². The van der Waals surface area contributed by atoms with E-state index < -0.39 is 0 Å². The van der Waals surface area contributed by atoms with E-state index in [-0.39, 0.29) is 0 Å². The van der Waals surface area contributed by atoms with Crippen LogP contribution >= 0.6 is 0 Å². The average Bonchev–Trinajstić information content (AvgIpc) is 3.02. The summed E-state index contributed by atoms with van der Waals surface area (Å²) < 4.78 is 0. The molecule has 0 saturated heterocycles. The molecule has 15 heavy (non-hydrogen) atoms. The maximum atomic E-state index is 3.57. The third kappa shape index (κ3) is 2.82. The molecule has 0 atom stereocenters. The van der Waals surface area contributed by atoms with Crippen LogP contribution in [0.1, 0.15) is 37.3 Å². The molecule has 0 bridgehead atoms. The maximum absolute atomic E-state index is 3.57. The van der Waals surface area contributed by atoms with E-state index in [0.29, 0.717) is 5.41 Å². The van der Waals surface area contributed by atoms with Gasteiger partial charge in [-0.05, 0) is 37.2 Å². The Hall–Kier alpha value is -0.820. The van der Waals surface area contributed by atoms with E-state index in [1.165, 1.54) is 36.9 Å². The lowest BCUT2D eigenvalue weighted by Crippen LogP contribution is -2.23. The van der Waals surface area contributed by atoms with Crippen molar-refractivity contribution >= 4 is 0 Å². The Morgan fingerprint density at radius 3 is 2.40 bits per heavy atom. The fourth-order valence-corrected chi connectivity index (χ4v) is 2.01. The van der Waals surface area contributed by atoms with Gasteiger partial charge in [-0.15, -0.1) is 0 Å². The standard InChI is InChI=1S/C14H21N/c1-3-14(8-9-14)11-15-10-13-6-4-12(2)5-7-13/h4-7,15H,3,8-11H2,1-2H3. The van der Waals surface area contributed by atoms with Crippen LogP contribution in [-0.2, 0) is 6.54 Å². The molecular weight excluding hydrogens is 182 g/mol. The van der Waals surface area contributed by atoms with Gasteiger partial charge in [-0.1, -0.05) is 36.8 Å². The summed E-state index contributed by atoms with van der Waals surface area (Å²) in [7, 11) is 0. The molecule has 0 heterocycles. The number of benzene rings is 1. The molecule has 1 aliphatic carbocycles. The Labute approximate surface area is 92.9 Å². The van der Waals surface area contributed by atoms with Crippen LogP contribution in [0.3, 0.4) is 0 Å². The van der Waals surface area contributed by atoms with Gasteiger partial charge in [0.1, 0.15) is 0 Å². The molecule has 82 valence electrons. The van der Waals surface area contributed by atoms with Crippen molar-refractivity contribution in [3.8, 4) is 0 Å². The second kappa shape index (κ2) is 4.36. The molecule has 1 fully saturated rings. The highest BCUT2D eigenvalue weighted by Gasteiger charge is 2.39.